The van der Waals surface area contributed by atoms with E-state index in [1.54, 1.807) is 0 Å². The lowest BCUT2D eigenvalue weighted by Gasteiger charge is -2.50. The van der Waals surface area contributed by atoms with Crippen molar-refractivity contribution in [1.82, 2.24) is 0 Å². The Bertz CT molecular complexity index is 2190. The molecule has 8 rings (SSSR count). The van der Waals surface area contributed by atoms with Crippen molar-refractivity contribution in [1.29, 1.82) is 0 Å². The molecule has 0 aromatic heterocycles. The van der Waals surface area contributed by atoms with E-state index in [1.165, 1.54) is 0 Å². The SMILES string of the molecule is OC[C@@H](O)[C@@H](O[C@@H]1O[C@H](CO)[C@@H](O[C@@H]2O[C@H](CO[C@H]3OC[C@@H](O)[C@H](O)[C@H]3O[C@@H]3O[C@@H](CO)[C@H](O)[C@H]3O)[C@@H](O[C@@H]3O[C@H](CO[C@H]4OC[C@@H](O)[C@H](O)[C@H]4O[C@@H]4O[C@@H](CO)[C@H](O)[C@H]4O)[C@@H](O[C@@H]4O[C@H](CO)[C@@H](O)[C@H](O)[C@H]4O)[C@H](O)[C@H]3O)[C@H](O)[C@H]2O)[C@H](O)[C@H]1O)[C@H](O)[C@@H](O)CO. The molecule has 0 bridgehead atoms. The Morgan fingerprint density at radius 3 is 0.946 bits per heavy atom. The van der Waals surface area contributed by atoms with Crippen LogP contribution in [0.5, 0.6) is 0 Å². The van der Waals surface area contributed by atoms with E-state index in [1.807, 2.05) is 0 Å². The summed E-state index contributed by atoms with van der Waals surface area (Å²) in [6, 6.07) is 0. The molecule has 8 heterocycles. The van der Waals surface area contributed by atoms with Gasteiger partial charge in [-0.05, 0) is 0 Å². The lowest BCUT2D eigenvalue weighted by Crippen LogP contribution is -2.68. The Kier molecular flexibility index (Phi) is 27.7. The lowest BCUT2D eigenvalue weighted by atomic mass is 9.95. The third-order valence-electron chi connectivity index (χ3n) is 16.9. The third kappa shape index (κ3) is 16.5. The molecule has 538 valence electrons. The van der Waals surface area contributed by atoms with E-state index in [-0.39, 0.29) is 0 Å². The van der Waals surface area contributed by atoms with Crippen LogP contribution in [0, 0.1) is 0 Å². The fraction of sp³-hybridized carbons (Fsp3) is 1.00. The van der Waals surface area contributed by atoms with Crippen LogP contribution in [-0.2, 0) is 75.8 Å². The molecule has 0 aromatic carbocycles. The van der Waals surface area contributed by atoms with Gasteiger partial charge in [-0.1, -0.05) is 0 Å². The molecule has 0 amide bonds. The summed E-state index contributed by atoms with van der Waals surface area (Å²) in [6.45, 7) is -9.44. The number of rotatable bonds is 27. The van der Waals surface area contributed by atoms with Crippen LogP contribution in [0.25, 0.3) is 0 Å². The van der Waals surface area contributed by atoms with Crippen LogP contribution in [0.3, 0.4) is 0 Å². The Morgan fingerprint density at radius 1 is 0.293 bits per heavy atom. The fourth-order valence-electron chi connectivity index (χ4n) is 11.4. The third-order valence-corrected chi connectivity index (χ3v) is 16.9. The van der Waals surface area contributed by atoms with E-state index in [4.69, 9.17) is 75.8 Å². The standard InChI is InChI=1S/C50H86O42/c51-1-11(57)21(61)37(12(58)2-52)87-46-34(74)28(68)38(18(6-56)84-46)88-47-35(75)29(69)40(20(85-47)10-80-50-42(23(63)14(60)8-78-50)92-44-32(72)26(66)17(5-55)83-44)90-48-36(76)30(70)39(89-45-33(73)27(67)24(64)15(3-53)81-45)19(86-48)9-79-49-41(22(62)13(59)7-77-49)91-43-31(71)25(65)16(4-54)82-43/h11-76H,1-10H2/t11-,12+,13+,14+,15+,16-,17-,18+,19+,20+,21+,22-,23-,24+,25-,26-,27-,28+,29+,30+,31+,32+,33+,34+,35+,36+,37+,38+,39+,40+,41+,42+,43-,44-,45-,46-,47-,48-,49+,50+/m0/s1. The highest BCUT2D eigenvalue weighted by atomic mass is 16.8. The highest BCUT2D eigenvalue weighted by Crippen LogP contribution is 2.38. The summed E-state index contributed by atoms with van der Waals surface area (Å²) in [6.07, 6.45) is -80.0. The summed E-state index contributed by atoms with van der Waals surface area (Å²) in [5, 5.41) is 278. The monoisotopic (exact) mass is 1360 g/mol. The van der Waals surface area contributed by atoms with Crippen LogP contribution in [0.2, 0.25) is 0 Å². The van der Waals surface area contributed by atoms with E-state index in [2.05, 4.69) is 0 Å². The number of ether oxygens (including phenoxy) is 16. The first-order valence-corrected chi connectivity index (χ1v) is 29.2. The molecule has 42 nitrogen and oxygen atoms in total. The second-order valence-electron chi connectivity index (χ2n) is 23.1. The summed E-state index contributed by atoms with van der Waals surface area (Å²) in [4.78, 5) is 0. The average molecular weight is 1360 g/mol. The van der Waals surface area contributed by atoms with Gasteiger partial charge in [0.1, 0.15) is 195 Å². The zero-order valence-corrected chi connectivity index (χ0v) is 48.3. The largest absolute Gasteiger partial charge is 0.394 e. The van der Waals surface area contributed by atoms with E-state index >= 15 is 0 Å². The molecule has 8 aliphatic heterocycles. The Balaban J connectivity index is 1.08. The van der Waals surface area contributed by atoms with Crippen molar-refractivity contribution < 1.29 is 209 Å². The minimum atomic E-state index is -2.44. The van der Waals surface area contributed by atoms with Gasteiger partial charge in [-0.15, -0.1) is 0 Å². The minimum absolute atomic E-state index is 0.675. The molecule has 0 aromatic rings. The smallest absolute Gasteiger partial charge is 0.187 e. The van der Waals surface area contributed by atoms with E-state index in [9.17, 15) is 133 Å². The molecule has 26 N–H and O–H groups in total. The van der Waals surface area contributed by atoms with Crippen molar-refractivity contribution in [3.8, 4) is 0 Å². The molecule has 8 fully saturated rings. The van der Waals surface area contributed by atoms with Gasteiger partial charge >= 0.3 is 0 Å². The Labute approximate surface area is 519 Å². The fourth-order valence-corrected chi connectivity index (χ4v) is 11.4. The maximum absolute atomic E-state index is 12.1. The average Bonchev–Trinajstić information content (AvgIpc) is 1.11. The van der Waals surface area contributed by atoms with Crippen LogP contribution in [0.15, 0.2) is 0 Å². The van der Waals surface area contributed by atoms with Gasteiger partial charge in [0.15, 0.2) is 50.3 Å². The molecule has 0 aliphatic carbocycles. The first-order chi connectivity index (χ1) is 43.6. The zero-order valence-electron chi connectivity index (χ0n) is 48.3. The second kappa shape index (κ2) is 33.5. The molecule has 40 atom stereocenters. The molecule has 92 heavy (non-hydrogen) atoms. The number of hydrogen-bond donors (Lipinski definition) is 26. The second-order valence-corrected chi connectivity index (χ2v) is 23.1. The van der Waals surface area contributed by atoms with Gasteiger partial charge in [-0.25, -0.2) is 0 Å². The van der Waals surface area contributed by atoms with E-state index < -0.39 is 312 Å². The predicted molar refractivity (Wildman–Crippen MR) is 275 cm³/mol. The summed E-state index contributed by atoms with van der Waals surface area (Å²) < 4.78 is 91.7. The van der Waals surface area contributed by atoms with Gasteiger partial charge in [0.2, 0.25) is 0 Å². The maximum atomic E-state index is 12.1. The van der Waals surface area contributed by atoms with Crippen molar-refractivity contribution in [2.24, 2.45) is 0 Å². The summed E-state index contributed by atoms with van der Waals surface area (Å²) in [7, 11) is 0. The molecule has 42 heteroatoms. The summed E-state index contributed by atoms with van der Waals surface area (Å²) >= 11 is 0. The number of aliphatic hydroxyl groups is 26. The van der Waals surface area contributed by atoms with E-state index in [0.717, 1.165) is 0 Å². The molecule has 0 spiro atoms. The maximum Gasteiger partial charge on any atom is 0.187 e. The van der Waals surface area contributed by atoms with Crippen molar-refractivity contribution in [3.05, 3.63) is 0 Å². The molecule has 0 saturated carbocycles. The first-order valence-electron chi connectivity index (χ1n) is 29.2. The lowest BCUT2D eigenvalue weighted by molar-refractivity contribution is -0.396. The van der Waals surface area contributed by atoms with Gasteiger partial charge in [-0.3, -0.25) is 0 Å². The van der Waals surface area contributed by atoms with Gasteiger partial charge in [-0.2, -0.15) is 0 Å². The molecule has 8 aliphatic rings. The normalized spacial score (nSPS) is 50.2. The number of hydrogen-bond acceptors (Lipinski definition) is 42. The predicted octanol–water partition coefficient (Wildman–Crippen LogP) is -18.4. The molecule has 0 unspecified atom stereocenters. The summed E-state index contributed by atoms with van der Waals surface area (Å²) in [5.74, 6) is 0. The van der Waals surface area contributed by atoms with Crippen LogP contribution in [-0.4, -0.2) is 444 Å². The molecule has 8 saturated heterocycles. The number of aliphatic hydroxyl groups excluding tert-OH is 26. The molecule has 0 radical (unpaired) electrons. The Hall–Kier alpha value is -1.68. The molecular weight excluding hydrogens is 1270 g/mol. The van der Waals surface area contributed by atoms with Crippen LogP contribution in [0.4, 0.5) is 0 Å². The Morgan fingerprint density at radius 2 is 0.587 bits per heavy atom. The van der Waals surface area contributed by atoms with Crippen molar-refractivity contribution in [2.45, 2.75) is 246 Å². The van der Waals surface area contributed by atoms with Gasteiger partial charge < -0.3 is 209 Å². The summed E-state index contributed by atoms with van der Waals surface area (Å²) in [5.41, 5.74) is 0. The first kappa shape index (κ1) is 76.1. The highest BCUT2D eigenvalue weighted by molar-refractivity contribution is 5.00. The topological polar surface area (TPSA) is 674 Å². The van der Waals surface area contributed by atoms with Crippen molar-refractivity contribution in [3.63, 3.8) is 0 Å². The molecular formula is C50H86O42. The van der Waals surface area contributed by atoms with Gasteiger partial charge in [0.05, 0.1) is 66.1 Å². The van der Waals surface area contributed by atoms with E-state index in [0.29, 0.717) is 0 Å². The highest BCUT2D eigenvalue weighted by Gasteiger charge is 2.58. The van der Waals surface area contributed by atoms with Crippen LogP contribution < -0.4 is 0 Å². The zero-order chi connectivity index (χ0) is 67.5. The van der Waals surface area contributed by atoms with Crippen molar-refractivity contribution >= 4 is 0 Å². The quantitative estimate of drug-likeness (QED) is 0.0363. The van der Waals surface area contributed by atoms with Crippen LogP contribution in [0.1, 0.15) is 0 Å². The van der Waals surface area contributed by atoms with Gasteiger partial charge in [0, 0.05) is 0 Å². The minimum Gasteiger partial charge on any atom is -0.394 e. The van der Waals surface area contributed by atoms with Gasteiger partial charge in [0.25, 0.3) is 0 Å². The van der Waals surface area contributed by atoms with Crippen molar-refractivity contribution in [2.75, 3.05) is 66.1 Å². The van der Waals surface area contributed by atoms with Crippen LogP contribution >= 0.6 is 0 Å².